The molecule has 4 nitrogen and oxygen atoms in total. The van der Waals surface area contributed by atoms with Crippen LogP contribution in [-0.4, -0.2) is 55.0 Å². The molecule has 1 unspecified atom stereocenters. The number of carbonyl (C=O) groups is 1. The lowest BCUT2D eigenvalue weighted by molar-refractivity contribution is -0.135. The Morgan fingerprint density at radius 1 is 1.23 bits per heavy atom. The van der Waals surface area contributed by atoms with Gasteiger partial charge in [0.05, 0.1) is 6.04 Å². The van der Waals surface area contributed by atoms with Crippen LogP contribution in [0.5, 0.6) is 0 Å². The van der Waals surface area contributed by atoms with Crippen LogP contribution < -0.4 is 5.32 Å². The summed E-state index contributed by atoms with van der Waals surface area (Å²) < 4.78 is 0. The highest BCUT2D eigenvalue weighted by atomic mass is 35.5. The molecule has 5 heteroatoms. The van der Waals surface area contributed by atoms with Crippen LogP contribution in [0, 0.1) is 0 Å². The van der Waals surface area contributed by atoms with Crippen LogP contribution >= 0.6 is 12.4 Å². The molecule has 1 saturated heterocycles. The Morgan fingerprint density at radius 2 is 1.86 bits per heavy atom. The van der Waals surface area contributed by atoms with Gasteiger partial charge in [0.2, 0.25) is 5.91 Å². The molecule has 2 aliphatic rings. The number of benzene rings is 1. The first-order chi connectivity index (χ1) is 10.1. The zero-order valence-corrected chi connectivity index (χ0v) is 14.2. The molecule has 122 valence electrons. The number of rotatable bonds is 2. The number of carbonyl (C=O) groups excluding carboxylic acids is 1. The Balaban J connectivity index is 0.00000176. The standard InChI is InChI=1S/C17H25N3O.ClH/c1-19-9-7-15(8-10-19)20(2)17(21)16-11-13-5-3-4-6-14(13)12-18-16;/h3-6,15-16,18H,7-12H2,1-2H3;1H. The molecule has 2 heterocycles. The van der Waals surface area contributed by atoms with E-state index in [2.05, 4.69) is 41.5 Å². The van der Waals surface area contributed by atoms with E-state index < -0.39 is 0 Å². The van der Waals surface area contributed by atoms with Crippen molar-refractivity contribution in [3.63, 3.8) is 0 Å². The highest BCUT2D eigenvalue weighted by Gasteiger charge is 2.30. The first-order valence-electron chi connectivity index (χ1n) is 7.90. The molecular formula is C17H26ClN3O. The van der Waals surface area contributed by atoms with Gasteiger partial charge < -0.3 is 15.1 Å². The molecule has 1 N–H and O–H groups in total. The van der Waals surface area contributed by atoms with E-state index in [4.69, 9.17) is 0 Å². The number of fused-ring (bicyclic) bond motifs is 1. The lowest BCUT2D eigenvalue weighted by Gasteiger charge is -2.37. The molecule has 1 atom stereocenters. The summed E-state index contributed by atoms with van der Waals surface area (Å²) in [6, 6.07) is 8.74. The lowest BCUT2D eigenvalue weighted by atomic mass is 9.94. The molecule has 22 heavy (non-hydrogen) atoms. The van der Waals surface area contributed by atoms with E-state index >= 15 is 0 Å². The Morgan fingerprint density at radius 3 is 2.55 bits per heavy atom. The highest BCUT2D eigenvalue weighted by Crippen LogP contribution is 2.20. The number of amides is 1. The van der Waals surface area contributed by atoms with Crippen molar-refractivity contribution >= 4 is 18.3 Å². The molecule has 0 saturated carbocycles. The van der Waals surface area contributed by atoms with Gasteiger partial charge in [-0.05, 0) is 50.5 Å². The van der Waals surface area contributed by atoms with E-state index in [0.29, 0.717) is 6.04 Å². The quantitative estimate of drug-likeness (QED) is 0.899. The molecule has 1 aromatic rings. The normalized spacial score (nSPS) is 22.5. The average Bonchev–Trinajstić information content (AvgIpc) is 2.54. The maximum absolute atomic E-state index is 12.7. The molecule has 0 bridgehead atoms. The molecule has 3 rings (SSSR count). The van der Waals surface area contributed by atoms with Gasteiger partial charge in [-0.15, -0.1) is 12.4 Å². The largest absolute Gasteiger partial charge is 0.341 e. The molecule has 0 aromatic heterocycles. The van der Waals surface area contributed by atoms with Crippen LogP contribution in [-0.2, 0) is 17.8 Å². The molecule has 1 amide bonds. The Labute approximate surface area is 139 Å². The monoisotopic (exact) mass is 323 g/mol. The van der Waals surface area contributed by atoms with E-state index in [1.54, 1.807) is 0 Å². The smallest absolute Gasteiger partial charge is 0.240 e. The molecule has 0 spiro atoms. The van der Waals surface area contributed by atoms with Crippen LogP contribution in [0.3, 0.4) is 0 Å². The van der Waals surface area contributed by atoms with Gasteiger partial charge in [0.1, 0.15) is 0 Å². The predicted octanol–water partition coefficient (Wildman–Crippen LogP) is 1.68. The van der Waals surface area contributed by atoms with E-state index in [1.165, 1.54) is 11.1 Å². The van der Waals surface area contributed by atoms with Gasteiger partial charge in [-0.3, -0.25) is 4.79 Å². The lowest BCUT2D eigenvalue weighted by Crippen LogP contribution is -2.53. The number of hydrogen-bond acceptors (Lipinski definition) is 3. The number of halogens is 1. The van der Waals surface area contributed by atoms with Crippen LogP contribution in [0.25, 0.3) is 0 Å². The zero-order chi connectivity index (χ0) is 14.8. The van der Waals surface area contributed by atoms with Gasteiger partial charge in [-0.2, -0.15) is 0 Å². The van der Waals surface area contributed by atoms with E-state index in [1.807, 2.05) is 11.9 Å². The van der Waals surface area contributed by atoms with Crippen molar-refractivity contribution in [3.8, 4) is 0 Å². The summed E-state index contributed by atoms with van der Waals surface area (Å²) in [6.07, 6.45) is 2.98. The number of piperidine rings is 1. The van der Waals surface area contributed by atoms with E-state index in [0.717, 1.165) is 38.9 Å². The second kappa shape index (κ2) is 7.44. The minimum atomic E-state index is -0.0652. The van der Waals surface area contributed by atoms with Crippen molar-refractivity contribution in [1.82, 2.24) is 15.1 Å². The summed E-state index contributed by atoms with van der Waals surface area (Å²) in [4.78, 5) is 17.1. The van der Waals surface area contributed by atoms with Gasteiger partial charge in [0.25, 0.3) is 0 Å². The second-order valence-electron chi connectivity index (χ2n) is 6.39. The van der Waals surface area contributed by atoms with Crippen LogP contribution in [0.15, 0.2) is 24.3 Å². The third-order valence-electron chi connectivity index (χ3n) is 4.96. The maximum Gasteiger partial charge on any atom is 0.240 e. The molecule has 0 aliphatic carbocycles. The summed E-state index contributed by atoms with van der Waals surface area (Å²) in [7, 11) is 4.12. The second-order valence-corrected chi connectivity index (χ2v) is 6.39. The Hall–Kier alpha value is -1.10. The molecule has 0 radical (unpaired) electrons. The van der Waals surface area contributed by atoms with Gasteiger partial charge in [-0.1, -0.05) is 24.3 Å². The van der Waals surface area contributed by atoms with E-state index in [-0.39, 0.29) is 24.4 Å². The van der Waals surface area contributed by atoms with Gasteiger partial charge >= 0.3 is 0 Å². The molecule has 1 fully saturated rings. The van der Waals surface area contributed by atoms with Crippen molar-refractivity contribution in [1.29, 1.82) is 0 Å². The van der Waals surface area contributed by atoms with Gasteiger partial charge in [0, 0.05) is 19.6 Å². The van der Waals surface area contributed by atoms with Crippen LogP contribution in [0.1, 0.15) is 24.0 Å². The fourth-order valence-corrected chi connectivity index (χ4v) is 3.44. The fraction of sp³-hybridized carbons (Fsp3) is 0.588. The predicted molar refractivity (Wildman–Crippen MR) is 91.3 cm³/mol. The van der Waals surface area contributed by atoms with Crippen molar-refractivity contribution in [2.45, 2.75) is 37.9 Å². The van der Waals surface area contributed by atoms with Crippen LogP contribution in [0.2, 0.25) is 0 Å². The van der Waals surface area contributed by atoms with E-state index in [9.17, 15) is 4.79 Å². The van der Waals surface area contributed by atoms with Crippen molar-refractivity contribution < 1.29 is 4.79 Å². The third kappa shape index (κ3) is 3.62. The van der Waals surface area contributed by atoms with Crippen molar-refractivity contribution in [3.05, 3.63) is 35.4 Å². The zero-order valence-electron chi connectivity index (χ0n) is 13.4. The topological polar surface area (TPSA) is 35.6 Å². The SMILES string of the molecule is CN1CCC(N(C)C(=O)C2Cc3ccccc3CN2)CC1.Cl. The van der Waals surface area contributed by atoms with Crippen molar-refractivity contribution in [2.75, 3.05) is 27.2 Å². The minimum absolute atomic E-state index is 0. The number of likely N-dealkylation sites (tertiary alicyclic amines) is 1. The maximum atomic E-state index is 12.7. The average molecular weight is 324 g/mol. The third-order valence-corrected chi connectivity index (χ3v) is 4.96. The summed E-state index contributed by atoms with van der Waals surface area (Å²) in [5, 5.41) is 3.40. The van der Waals surface area contributed by atoms with Crippen molar-refractivity contribution in [2.24, 2.45) is 0 Å². The molecule has 1 aromatic carbocycles. The summed E-state index contributed by atoms with van der Waals surface area (Å²) >= 11 is 0. The number of likely N-dealkylation sites (N-methyl/N-ethyl adjacent to an activating group) is 1. The highest BCUT2D eigenvalue weighted by molar-refractivity contribution is 5.85. The number of nitrogens with one attached hydrogen (secondary N) is 1. The van der Waals surface area contributed by atoms with Gasteiger partial charge in [-0.25, -0.2) is 0 Å². The first kappa shape index (κ1) is 17.3. The molecule has 2 aliphatic heterocycles. The summed E-state index contributed by atoms with van der Waals surface area (Å²) in [6.45, 7) is 2.97. The summed E-state index contributed by atoms with van der Waals surface area (Å²) in [5.74, 6) is 0.249. The number of hydrogen-bond donors (Lipinski definition) is 1. The summed E-state index contributed by atoms with van der Waals surface area (Å²) in [5.41, 5.74) is 2.63. The Bertz CT molecular complexity index is 514. The Kier molecular flexibility index (Phi) is 5.84. The van der Waals surface area contributed by atoms with Gasteiger partial charge in [0.15, 0.2) is 0 Å². The minimum Gasteiger partial charge on any atom is -0.341 e. The fourth-order valence-electron chi connectivity index (χ4n) is 3.44. The molecular weight excluding hydrogens is 298 g/mol. The number of nitrogens with zero attached hydrogens (tertiary/aromatic N) is 2. The first-order valence-corrected chi connectivity index (χ1v) is 7.90. The van der Waals surface area contributed by atoms with Crippen LogP contribution in [0.4, 0.5) is 0 Å².